The number of halogens is 6. The number of nitrogens with two attached hydrogens (primary N) is 1. The number of rotatable bonds is 2. The largest absolute Gasteiger partial charge is 0.454 e. The highest BCUT2D eigenvalue weighted by atomic mass is 35.5. The smallest absolute Gasteiger partial charge is 0.416 e. The molecule has 0 aliphatic carbocycles. The lowest BCUT2D eigenvalue weighted by Gasteiger charge is -2.13. The number of ether oxygens (including phenoxy) is 1. The van der Waals surface area contributed by atoms with Crippen LogP contribution in [0.25, 0.3) is 0 Å². The third-order valence-corrected chi connectivity index (χ3v) is 3.41. The van der Waals surface area contributed by atoms with Crippen molar-refractivity contribution in [2.75, 3.05) is 5.73 Å². The molecule has 0 bridgehead atoms. The van der Waals surface area contributed by atoms with E-state index in [0.717, 1.165) is 12.1 Å². The van der Waals surface area contributed by atoms with Gasteiger partial charge in [0, 0.05) is 6.07 Å². The van der Waals surface area contributed by atoms with Gasteiger partial charge in [-0.1, -0.05) is 34.8 Å². The van der Waals surface area contributed by atoms with Gasteiger partial charge in [0.25, 0.3) is 0 Å². The molecule has 0 saturated carbocycles. The second kappa shape index (κ2) is 5.83. The normalized spacial score (nSPS) is 11.5. The molecule has 2 nitrogen and oxygen atoms in total. The molecule has 2 aromatic carbocycles. The van der Waals surface area contributed by atoms with Gasteiger partial charge in [0.15, 0.2) is 5.75 Å². The highest BCUT2D eigenvalue weighted by Crippen LogP contribution is 2.42. The van der Waals surface area contributed by atoms with Gasteiger partial charge in [0.05, 0.1) is 26.3 Å². The van der Waals surface area contributed by atoms with Crippen molar-refractivity contribution < 1.29 is 17.9 Å². The lowest BCUT2D eigenvalue weighted by molar-refractivity contribution is -0.137. The van der Waals surface area contributed by atoms with Crippen LogP contribution in [0.4, 0.5) is 18.9 Å². The summed E-state index contributed by atoms with van der Waals surface area (Å²) in [5, 5.41) is -0.280. The number of hydrogen-bond acceptors (Lipinski definition) is 2. The van der Waals surface area contributed by atoms with Gasteiger partial charge < -0.3 is 10.5 Å². The Hall–Kier alpha value is -1.30. The molecule has 0 atom stereocenters. The Kier molecular flexibility index (Phi) is 4.46. The van der Waals surface area contributed by atoms with E-state index in [1.807, 2.05) is 0 Å². The minimum atomic E-state index is -4.55. The Morgan fingerprint density at radius 2 is 1.48 bits per heavy atom. The molecular weight excluding hydrogens is 350 g/mol. The third kappa shape index (κ3) is 3.67. The van der Waals surface area contributed by atoms with Crippen molar-refractivity contribution in [1.82, 2.24) is 0 Å². The monoisotopic (exact) mass is 355 g/mol. The first-order chi connectivity index (χ1) is 9.68. The van der Waals surface area contributed by atoms with E-state index in [1.54, 1.807) is 0 Å². The fourth-order valence-corrected chi connectivity index (χ4v) is 2.25. The van der Waals surface area contributed by atoms with Gasteiger partial charge in [-0.15, -0.1) is 0 Å². The Morgan fingerprint density at radius 3 is 1.95 bits per heavy atom. The second-order valence-electron chi connectivity index (χ2n) is 4.05. The van der Waals surface area contributed by atoms with Crippen LogP contribution in [0.15, 0.2) is 30.3 Å². The van der Waals surface area contributed by atoms with E-state index in [1.165, 1.54) is 18.2 Å². The van der Waals surface area contributed by atoms with Crippen LogP contribution in [0.5, 0.6) is 11.5 Å². The zero-order chi connectivity index (χ0) is 15.8. The summed E-state index contributed by atoms with van der Waals surface area (Å²) in [5.41, 5.74) is 4.93. The average Bonchev–Trinajstić information content (AvgIpc) is 2.36. The summed E-state index contributed by atoms with van der Waals surface area (Å²) in [7, 11) is 0. The van der Waals surface area contributed by atoms with Crippen LogP contribution in [-0.4, -0.2) is 0 Å². The van der Waals surface area contributed by atoms with E-state index in [-0.39, 0.29) is 26.6 Å². The zero-order valence-electron chi connectivity index (χ0n) is 10.1. The molecule has 0 aliphatic heterocycles. The van der Waals surface area contributed by atoms with Crippen LogP contribution in [0.1, 0.15) is 5.56 Å². The maximum Gasteiger partial charge on any atom is 0.416 e. The summed E-state index contributed by atoms with van der Waals surface area (Å²) in [4.78, 5) is 0. The first-order valence-electron chi connectivity index (χ1n) is 5.47. The summed E-state index contributed by atoms with van der Waals surface area (Å²) < 4.78 is 43.2. The van der Waals surface area contributed by atoms with Gasteiger partial charge >= 0.3 is 6.18 Å². The number of hydrogen-bond donors (Lipinski definition) is 1. The van der Waals surface area contributed by atoms with Gasteiger partial charge in [-0.3, -0.25) is 0 Å². The van der Waals surface area contributed by atoms with Gasteiger partial charge in [0.1, 0.15) is 5.75 Å². The summed E-state index contributed by atoms with van der Waals surface area (Å²) in [6, 6.07) is 5.86. The molecule has 0 fully saturated rings. The van der Waals surface area contributed by atoms with E-state index in [4.69, 9.17) is 45.3 Å². The SMILES string of the molecule is Nc1ccc(Oc2c(Cl)cc(C(F)(F)F)cc2Cl)cc1Cl. The molecular formula is C13H7Cl3F3NO. The van der Waals surface area contributed by atoms with Gasteiger partial charge in [-0.25, -0.2) is 0 Å². The van der Waals surface area contributed by atoms with Crippen molar-refractivity contribution in [3.8, 4) is 11.5 Å². The maximum absolute atomic E-state index is 12.6. The number of benzene rings is 2. The maximum atomic E-state index is 12.6. The predicted molar refractivity (Wildman–Crippen MR) is 77.4 cm³/mol. The highest BCUT2D eigenvalue weighted by molar-refractivity contribution is 6.37. The van der Waals surface area contributed by atoms with Crippen molar-refractivity contribution in [2.24, 2.45) is 0 Å². The average molecular weight is 357 g/mol. The molecule has 0 unspecified atom stereocenters. The van der Waals surface area contributed by atoms with Crippen molar-refractivity contribution >= 4 is 40.5 Å². The van der Waals surface area contributed by atoms with Gasteiger partial charge in [-0.05, 0) is 24.3 Å². The molecule has 0 heterocycles. The van der Waals surface area contributed by atoms with Gasteiger partial charge in [0.2, 0.25) is 0 Å². The summed E-state index contributed by atoms with van der Waals surface area (Å²) in [6.45, 7) is 0. The first-order valence-corrected chi connectivity index (χ1v) is 6.61. The van der Waals surface area contributed by atoms with E-state index >= 15 is 0 Å². The van der Waals surface area contributed by atoms with Crippen LogP contribution in [0, 0.1) is 0 Å². The van der Waals surface area contributed by atoms with Crippen LogP contribution in [0.2, 0.25) is 15.1 Å². The van der Waals surface area contributed by atoms with Crippen molar-refractivity contribution in [3.63, 3.8) is 0 Å². The molecule has 8 heteroatoms. The topological polar surface area (TPSA) is 35.2 Å². The Morgan fingerprint density at radius 1 is 0.905 bits per heavy atom. The molecule has 0 amide bonds. The Bertz CT molecular complexity index is 666. The summed E-state index contributed by atoms with van der Waals surface area (Å²) >= 11 is 17.4. The van der Waals surface area contributed by atoms with E-state index in [0.29, 0.717) is 5.69 Å². The predicted octanol–water partition coefficient (Wildman–Crippen LogP) is 6.04. The molecule has 21 heavy (non-hydrogen) atoms. The van der Waals surface area contributed by atoms with Crippen LogP contribution in [-0.2, 0) is 6.18 Å². The fraction of sp³-hybridized carbons (Fsp3) is 0.0769. The molecule has 2 aromatic rings. The van der Waals surface area contributed by atoms with Crippen LogP contribution < -0.4 is 10.5 Å². The van der Waals surface area contributed by atoms with Crippen molar-refractivity contribution in [2.45, 2.75) is 6.18 Å². The minimum Gasteiger partial charge on any atom is -0.454 e. The lowest BCUT2D eigenvalue weighted by Crippen LogP contribution is -2.05. The van der Waals surface area contributed by atoms with Crippen LogP contribution >= 0.6 is 34.8 Å². The Balaban J connectivity index is 2.39. The number of anilines is 1. The third-order valence-electron chi connectivity index (χ3n) is 2.52. The molecule has 2 N–H and O–H groups in total. The molecule has 0 spiro atoms. The van der Waals surface area contributed by atoms with E-state index in [2.05, 4.69) is 0 Å². The number of nitrogen functional groups attached to an aromatic ring is 1. The number of alkyl halides is 3. The van der Waals surface area contributed by atoms with Crippen molar-refractivity contribution in [3.05, 3.63) is 51.0 Å². The summed E-state index contributed by atoms with van der Waals surface area (Å²) in [5.74, 6) is 0.157. The molecule has 0 saturated heterocycles. The first kappa shape index (κ1) is 16.1. The van der Waals surface area contributed by atoms with Gasteiger partial charge in [-0.2, -0.15) is 13.2 Å². The Labute approximate surface area is 133 Å². The molecule has 0 aromatic heterocycles. The molecule has 2 rings (SSSR count). The molecule has 0 aliphatic rings. The standard InChI is InChI=1S/C13H7Cl3F3NO/c14-8-5-7(1-2-11(8)20)21-12-9(15)3-6(4-10(12)16)13(17,18)19/h1-5H,20H2. The zero-order valence-corrected chi connectivity index (χ0v) is 12.4. The highest BCUT2D eigenvalue weighted by Gasteiger charge is 2.32. The quantitative estimate of drug-likeness (QED) is 0.666. The molecule has 112 valence electrons. The summed E-state index contributed by atoms with van der Waals surface area (Å²) in [6.07, 6.45) is -4.55. The van der Waals surface area contributed by atoms with E-state index < -0.39 is 11.7 Å². The second-order valence-corrected chi connectivity index (χ2v) is 5.27. The van der Waals surface area contributed by atoms with Crippen molar-refractivity contribution in [1.29, 1.82) is 0 Å². The van der Waals surface area contributed by atoms with Crippen LogP contribution in [0.3, 0.4) is 0 Å². The fourth-order valence-electron chi connectivity index (χ4n) is 1.51. The molecule has 0 radical (unpaired) electrons. The lowest BCUT2D eigenvalue weighted by atomic mass is 10.2. The van der Waals surface area contributed by atoms with E-state index in [9.17, 15) is 13.2 Å². The minimum absolute atomic E-state index is 0.0906.